The number of benzene rings is 1. The molecular weight excluding hydrogens is 372 g/mol. The van der Waals surface area contributed by atoms with Crippen LogP contribution in [0.2, 0.25) is 0 Å². The van der Waals surface area contributed by atoms with Crippen molar-refractivity contribution in [3.63, 3.8) is 0 Å². The summed E-state index contributed by atoms with van der Waals surface area (Å²) in [6.45, 7) is 0. The van der Waals surface area contributed by atoms with E-state index in [9.17, 15) is 0 Å². The fourth-order valence-electron chi connectivity index (χ4n) is 3.58. The molecule has 0 fully saturated rings. The first-order valence-corrected chi connectivity index (χ1v) is 9.52. The molecule has 0 bridgehead atoms. The van der Waals surface area contributed by atoms with Crippen LogP contribution >= 0.6 is 0 Å². The summed E-state index contributed by atoms with van der Waals surface area (Å²) in [6.07, 6.45) is 10.7. The maximum atomic E-state index is 4.85. The highest BCUT2D eigenvalue weighted by molar-refractivity contribution is 5.87. The first-order valence-electron chi connectivity index (χ1n) is 9.52. The Morgan fingerprint density at radius 2 is 1.23 bits per heavy atom. The molecule has 6 heteroatoms. The third-order valence-electron chi connectivity index (χ3n) is 5.12. The van der Waals surface area contributed by atoms with Crippen molar-refractivity contribution in [3.05, 3.63) is 85.7 Å². The molecule has 0 N–H and O–H groups in total. The highest BCUT2D eigenvalue weighted by atomic mass is 14.8. The number of rotatable bonds is 2. The highest BCUT2D eigenvalue weighted by Gasteiger charge is 2.07. The monoisotopic (exact) mass is 386 g/mol. The van der Waals surface area contributed by atoms with Gasteiger partial charge in [0.1, 0.15) is 0 Å². The van der Waals surface area contributed by atoms with E-state index in [0.29, 0.717) is 0 Å². The quantitative estimate of drug-likeness (QED) is 0.423. The molecule has 6 rings (SSSR count). The van der Waals surface area contributed by atoms with Crippen molar-refractivity contribution in [1.82, 2.24) is 29.9 Å². The molecule has 30 heavy (non-hydrogen) atoms. The maximum absolute atomic E-state index is 4.85. The Morgan fingerprint density at radius 1 is 0.467 bits per heavy atom. The van der Waals surface area contributed by atoms with Crippen molar-refractivity contribution in [2.75, 3.05) is 0 Å². The lowest BCUT2D eigenvalue weighted by atomic mass is 10.1. The number of fused-ring (bicyclic) bond motifs is 3. The van der Waals surface area contributed by atoms with Gasteiger partial charge in [0.15, 0.2) is 0 Å². The molecule has 6 nitrogen and oxygen atoms in total. The molecule has 5 aromatic heterocycles. The van der Waals surface area contributed by atoms with E-state index in [1.165, 1.54) is 0 Å². The van der Waals surface area contributed by atoms with Gasteiger partial charge in [0.25, 0.3) is 0 Å². The molecule has 1 aromatic carbocycles. The summed E-state index contributed by atoms with van der Waals surface area (Å²) < 4.78 is 0. The van der Waals surface area contributed by atoms with E-state index in [4.69, 9.17) is 4.98 Å². The van der Waals surface area contributed by atoms with Crippen LogP contribution in [0.5, 0.6) is 0 Å². The molecule has 0 amide bonds. The molecule has 0 atom stereocenters. The zero-order valence-electron chi connectivity index (χ0n) is 15.8. The van der Waals surface area contributed by atoms with Crippen LogP contribution in [0.15, 0.2) is 85.7 Å². The van der Waals surface area contributed by atoms with Gasteiger partial charge in [0.05, 0.1) is 33.3 Å². The van der Waals surface area contributed by atoms with Crippen LogP contribution in [0.1, 0.15) is 0 Å². The second-order valence-corrected chi connectivity index (χ2v) is 7.01. The molecule has 0 aliphatic heterocycles. The second kappa shape index (κ2) is 6.63. The van der Waals surface area contributed by atoms with Gasteiger partial charge in [-0.3, -0.25) is 24.9 Å². The molecule has 0 spiro atoms. The van der Waals surface area contributed by atoms with Crippen molar-refractivity contribution in [1.29, 1.82) is 0 Å². The molecule has 0 radical (unpaired) electrons. The Kier molecular flexibility index (Phi) is 3.67. The number of hydrogen-bond acceptors (Lipinski definition) is 6. The third-order valence-corrected chi connectivity index (χ3v) is 5.12. The van der Waals surface area contributed by atoms with Crippen LogP contribution in [-0.2, 0) is 0 Å². The first kappa shape index (κ1) is 16.6. The summed E-state index contributed by atoms with van der Waals surface area (Å²) in [5.74, 6) is 0. The molecule has 0 saturated carbocycles. The van der Waals surface area contributed by atoms with Crippen LogP contribution in [0.3, 0.4) is 0 Å². The molecule has 0 aliphatic carbocycles. The van der Waals surface area contributed by atoms with Crippen molar-refractivity contribution in [2.24, 2.45) is 0 Å². The lowest BCUT2D eigenvalue weighted by Gasteiger charge is -2.07. The lowest BCUT2D eigenvalue weighted by Crippen LogP contribution is -1.91. The summed E-state index contributed by atoms with van der Waals surface area (Å²) in [6, 6.07) is 16.0. The minimum atomic E-state index is 0.829. The van der Waals surface area contributed by atoms with Gasteiger partial charge in [-0.15, -0.1) is 0 Å². The molecule has 0 saturated heterocycles. The lowest BCUT2D eigenvalue weighted by molar-refractivity contribution is 1.29. The molecule has 5 heterocycles. The molecule has 0 unspecified atom stereocenters. The van der Waals surface area contributed by atoms with E-state index in [0.717, 1.165) is 55.4 Å². The van der Waals surface area contributed by atoms with Crippen molar-refractivity contribution in [2.45, 2.75) is 0 Å². The largest absolute Gasteiger partial charge is 0.264 e. The Hall–Kier alpha value is -4.32. The zero-order chi connectivity index (χ0) is 19.9. The van der Waals surface area contributed by atoms with Gasteiger partial charge in [0.2, 0.25) is 0 Å². The number of hydrogen-bond donors (Lipinski definition) is 0. The van der Waals surface area contributed by atoms with Crippen LogP contribution in [0.4, 0.5) is 0 Å². The maximum Gasteiger partial charge on any atom is 0.0900 e. The third kappa shape index (κ3) is 2.82. The van der Waals surface area contributed by atoms with E-state index in [2.05, 4.69) is 37.1 Å². The Labute approximate surface area is 171 Å². The van der Waals surface area contributed by atoms with Gasteiger partial charge in [-0.05, 0) is 48.0 Å². The van der Waals surface area contributed by atoms with Gasteiger partial charge in [-0.1, -0.05) is 6.07 Å². The van der Waals surface area contributed by atoms with Crippen LogP contribution in [0.25, 0.3) is 55.4 Å². The van der Waals surface area contributed by atoms with E-state index in [1.54, 1.807) is 18.6 Å². The molecule has 6 aromatic rings. The minimum Gasteiger partial charge on any atom is -0.264 e. The highest BCUT2D eigenvalue weighted by Crippen LogP contribution is 2.27. The fourth-order valence-corrected chi connectivity index (χ4v) is 3.58. The summed E-state index contributed by atoms with van der Waals surface area (Å²) in [7, 11) is 0. The summed E-state index contributed by atoms with van der Waals surface area (Å²) >= 11 is 0. The fraction of sp³-hybridized carbons (Fsp3) is 0. The molecule has 0 aliphatic rings. The molecular formula is C24H14N6. The minimum absolute atomic E-state index is 0.829. The second-order valence-electron chi connectivity index (χ2n) is 7.01. The summed E-state index contributed by atoms with van der Waals surface area (Å²) in [4.78, 5) is 26.9. The van der Waals surface area contributed by atoms with Crippen LogP contribution < -0.4 is 0 Å². The van der Waals surface area contributed by atoms with Crippen molar-refractivity contribution < 1.29 is 0 Å². The predicted octanol–water partition coefficient (Wildman–Crippen LogP) is 4.85. The predicted molar refractivity (Wildman–Crippen MR) is 117 cm³/mol. The van der Waals surface area contributed by atoms with Gasteiger partial charge in [0, 0.05) is 53.7 Å². The topological polar surface area (TPSA) is 77.3 Å². The summed E-state index contributed by atoms with van der Waals surface area (Å²) in [5.41, 5.74) is 8.13. The van der Waals surface area contributed by atoms with Crippen LogP contribution in [-0.4, -0.2) is 29.9 Å². The van der Waals surface area contributed by atoms with Crippen LogP contribution in [0, 0.1) is 0 Å². The summed E-state index contributed by atoms with van der Waals surface area (Å²) in [5, 5.41) is 0.987. The number of aromatic nitrogens is 6. The van der Waals surface area contributed by atoms with E-state index in [1.807, 2.05) is 55.0 Å². The smallest absolute Gasteiger partial charge is 0.0900 e. The average molecular weight is 386 g/mol. The molecule has 140 valence electrons. The first-order chi connectivity index (χ1) is 14.8. The zero-order valence-corrected chi connectivity index (χ0v) is 15.8. The Balaban J connectivity index is 1.46. The number of pyridine rings is 4. The van der Waals surface area contributed by atoms with E-state index in [-0.39, 0.29) is 0 Å². The normalized spacial score (nSPS) is 11.3. The average Bonchev–Trinajstić information content (AvgIpc) is 2.82. The number of nitrogens with zero attached hydrogens (tertiary/aromatic N) is 6. The van der Waals surface area contributed by atoms with E-state index < -0.39 is 0 Å². The van der Waals surface area contributed by atoms with Gasteiger partial charge in [-0.2, -0.15) is 0 Å². The van der Waals surface area contributed by atoms with Gasteiger partial charge >= 0.3 is 0 Å². The van der Waals surface area contributed by atoms with Gasteiger partial charge in [-0.25, -0.2) is 4.98 Å². The van der Waals surface area contributed by atoms with Crippen molar-refractivity contribution >= 4 is 33.0 Å². The SMILES string of the molecule is c1cc2ncc(-c3ccc4ncc(-c5ccc6nccnc6c5)cc4n3)cc2cn1. The van der Waals surface area contributed by atoms with Crippen molar-refractivity contribution in [3.8, 4) is 22.4 Å². The Bertz CT molecular complexity index is 1450. The van der Waals surface area contributed by atoms with Gasteiger partial charge < -0.3 is 0 Å². The standard InChI is InChI=1S/C24H14N6/c1-2-21-23(27-8-7-26-21)10-15(1)16-11-24-22(29-13-16)4-3-20(30-24)18-9-17-12-25-6-5-19(17)28-14-18/h1-14H. The Morgan fingerprint density at radius 3 is 2.20 bits per heavy atom. The van der Waals surface area contributed by atoms with E-state index >= 15 is 0 Å².